The van der Waals surface area contributed by atoms with Gasteiger partial charge in [-0.1, -0.05) is 57.9 Å². The maximum Gasteiger partial charge on any atom is 0.242 e. The molecule has 1 N–H and O–H groups in total. The van der Waals surface area contributed by atoms with Crippen LogP contribution >= 0.6 is 27.5 Å². The first-order valence-electron chi connectivity index (χ1n) is 6.29. The summed E-state index contributed by atoms with van der Waals surface area (Å²) in [6.07, 6.45) is 0.372. The van der Waals surface area contributed by atoms with E-state index in [-0.39, 0.29) is 5.91 Å². The van der Waals surface area contributed by atoms with Gasteiger partial charge in [-0.3, -0.25) is 4.79 Å². The zero-order valence-electron chi connectivity index (χ0n) is 11.0. The molecule has 1 atom stereocenters. The van der Waals surface area contributed by atoms with Crippen molar-refractivity contribution in [2.45, 2.75) is 6.42 Å². The van der Waals surface area contributed by atoms with Crippen LogP contribution in [0.4, 0.5) is 5.69 Å². The smallest absolute Gasteiger partial charge is 0.242 e. The van der Waals surface area contributed by atoms with Crippen molar-refractivity contribution in [3.8, 4) is 6.07 Å². The molecule has 1 unspecified atom stereocenters. The summed E-state index contributed by atoms with van der Waals surface area (Å²) in [7, 11) is 0. The van der Waals surface area contributed by atoms with Crippen LogP contribution in [-0.4, -0.2) is 5.91 Å². The third-order valence-corrected chi connectivity index (χ3v) is 3.75. The minimum atomic E-state index is -0.757. The second-order valence-electron chi connectivity index (χ2n) is 4.48. The van der Waals surface area contributed by atoms with Crippen LogP contribution < -0.4 is 5.32 Å². The zero-order chi connectivity index (χ0) is 15.2. The van der Waals surface area contributed by atoms with E-state index in [0.717, 1.165) is 10.0 Å². The van der Waals surface area contributed by atoms with Gasteiger partial charge in [-0.25, -0.2) is 0 Å². The lowest BCUT2D eigenvalue weighted by molar-refractivity contribution is -0.118. The number of nitrogens with zero attached hydrogens (tertiary/aromatic N) is 1. The summed E-state index contributed by atoms with van der Waals surface area (Å²) < 4.78 is 0.826. The molecule has 1 amide bonds. The van der Waals surface area contributed by atoms with Gasteiger partial charge >= 0.3 is 0 Å². The van der Waals surface area contributed by atoms with Gasteiger partial charge < -0.3 is 5.32 Å². The van der Waals surface area contributed by atoms with Crippen molar-refractivity contribution in [2.24, 2.45) is 5.92 Å². The second kappa shape index (κ2) is 7.26. The molecule has 0 radical (unpaired) electrons. The Hall–Kier alpha value is -1.83. The standard InChI is InChI=1S/C16H12BrClN2O/c17-13-6-7-15(14(18)9-13)20-16(21)12(10-19)8-11-4-2-1-3-5-11/h1-7,9,12H,8H2,(H,20,21). The first-order valence-corrected chi connectivity index (χ1v) is 7.46. The van der Waals surface area contributed by atoms with Crippen LogP contribution in [0.3, 0.4) is 0 Å². The quantitative estimate of drug-likeness (QED) is 0.874. The van der Waals surface area contributed by atoms with Crippen LogP contribution in [0.1, 0.15) is 5.56 Å². The molecule has 0 spiro atoms. The minimum Gasteiger partial charge on any atom is -0.324 e. The van der Waals surface area contributed by atoms with Gasteiger partial charge in [0.15, 0.2) is 0 Å². The van der Waals surface area contributed by atoms with Gasteiger partial charge in [0.05, 0.1) is 16.8 Å². The monoisotopic (exact) mass is 362 g/mol. The van der Waals surface area contributed by atoms with Crippen molar-refractivity contribution in [3.63, 3.8) is 0 Å². The van der Waals surface area contributed by atoms with Crippen LogP contribution in [0.5, 0.6) is 0 Å². The van der Waals surface area contributed by atoms with E-state index >= 15 is 0 Å². The van der Waals surface area contributed by atoms with Gasteiger partial charge in [-0.15, -0.1) is 0 Å². The van der Waals surface area contributed by atoms with Crippen molar-refractivity contribution < 1.29 is 4.79 Å². The molecule has 5 heteroatoms. The van der Waals surface area contributed by atoms with Crippen molar-refractivity contribution in [1.82, 2.24) is 0 Å². The highest BCUT2D eigenvalue weighted by Crippen LogP contribution is 2.26. The Morgan fingerprint density at radius 3 is 2.62 bits per heavy atom. The van der Waals surface area contributed by atoms with E-state index in [1.165, 1.54) is 0 Å². The molecule has 2 aromatic carbocycles. The molecular weight excluding hydrogens is 352 g/mol. The number of benzene rings is 2. The number of hydrogen-bond acceptors (Lipinski definition) is 2. The van der Waals surface area contributed by atoms with E-state index < -0.39 is 5.92 Å². The minimum absolute atomic E-state index is 0.356. The lowest BCUT2D eigenvalue weighted by Crippen LogP contribution is -2.23. The van der Waals surface area contributed by atoms with E-state index in [2.05, 4.69) is 21.2 Å². The van der Waals surface area contributed by atoms with Gasteiger partial charge in [0.2, 0.25) is 5.91 Å². The Morgan fingerprint density at radius 2 is 2.00 bits per heavy atom. The molecule has 0 heterocycles. The van der Waals surface area contributed by atoms with E-state index in [4.69, 9.17) is 11.6 Å². The van der Waals surface area contributed by atoms with Gasteiger partial charge in [0.1, 0.15) is 5.92 Å². The summed E-state index contributed by atoms with van der Waals surface area (Å²) in [6, 6.07) is 16.6. The van der Waals surface area contributed by atoms with Crippen molar-refractivity contribution >= 4 is 39.1 Å². The van der Waals surface area contributed by atoms with Crippen LogP contribution in [0, 0.1) is 17.2 Å². The first kappa shape index (κ1) is 15.6. The summed E-state index contributed by atoms with van der Waals surface area (Å²) in [4.78, 5) is 12.2. The number of amides is 1. The average Bonchev–Trinajstić information content (AvgIpc) is 2.48. The lowest BCUT2D eigenvalue weighted by atomic mass is 10.00. The first-order chi connectivity index (χ1) is 10.1. The Kier molecular flexibility index (Phi) is 5.38. The SMILES string of the molecule is N#CC(Cc1ccccc1)C(=O)Nc1ccc(Br)cc1Cl. The Bertz CT molecular complexity index is 682. The summed E-state index contributed by atoms with van der Waals surface area (Å²) in [5.41, 5.74) is 1.44. The number of rotatable bonds is 4. The second-order valence-corrected chi connectivity index (χ2v) is 5.81. The normalized spacial score (nSPS) is 11.5. The van der Waals surface area contributed by atoms with Gasteiger partial charge in [0, 0.05) is 4.47 Å². The molecule has 0 aromatic heterocycles. The van der Waals surface area contributed by atoms with Gasteiger partial charge in [-0.05, 0) is 30.2 Å². The molecular formula is C16H12BrClN2O. The summed E-state index contributed by atoms with van der Waals surface area (Å²) in [6.45, 7) is 0. The maximum absolute atomic E-state index is 12.2. The fourth-order valence-corrected chi connectivity index (χ4v) is 2.58. The molecule has 0 aliphatic carbocycles. The predicted octanol–water partition coefficient (Wildman–Crippen LogP) is 4.42. The molecule has 0 aliphatic heterocycles. The fraction of sp³-hybridized carbons (Fsp3) is 0.125. The van der Waals surface area contributed by atoms with E-state index in [0.29, 0.717) is 17.1 Å². The highest BCUT2D eigenvalue weighted by Gasteiger charge is 2.19. The summed E-state index contributed by atoms with van der Waals surface area (Å²) >= 11 is 9.35. The maximum atomic E-state index is 12.2. The summed E-state index contributed by atoms with van der Waals surface area (Å²) in [5, 5.41) is 12.3. The summed E-state index contributed by atoms with van der Waals surface area (Å²) in [5.74, 6) is -1.11. The van der Waals surface area contributed by atoms with Crippen molar-refractivity contribution in [2.75, 3.05) is 5.32 Å². The number of carbonyl (C=O) groups is 1. The molecule has 0 fully saturated rings. The fourth-order valence-electron chi connectivity index (χ4n) is 1.86. The number of halogens is 2. The van der Waals surface area contributed by atoms with Crippen LogP contribution in [0.25, 0.3) is 0 Å². The molecule has 0 saturated heterocycles. The molecule has 106 valence electrons. The largest absolute Gasteiger partial charge is 0.324 e. The highest BCUT2D eigenvalue weighted by molar-refractivity contribution is 9.10. The van der Waals surface area contributed by atoms with E-state index in [1.807, 2.05) is 36.4 Å². The van der Waals surface area contributed by atoms with Gasteiger partial charge in [-0.2, -0.15) is 5.26 Å². The molecule has 21 heavy (non-hydrogen) atoms. The number of carbonyl (C=O) groups excluding carboxylic acids is 1. The molecule has 2 aromatic rings. The molecule has 3 nitrogen and oxygen atoms in total. The zero-order valence-corrected chi connectivity index (χ0v) is 13.4. The molecule has 0 aliphatic rings. The van der Waals surface area contributed by atoms with Crippen molar-refractivity contribution in [3.05, 3.63) is 63.6 Å². The van der Waals surface area contributed by atoms with Crippen molar-refractivity contribution in [1.29, 1.82) is 5.26 Å². The Balaban J connectivity index is 2.09. The number of nitriles is 1. The molecule has 2 rings (SSSR count). The molecule has 0 bridgehead atoms. The third kappa shape index (κ3) is 4.32. The van der Waals surface area contributed by atoms with Crippen LogP contribution in [-0.2, 0) is 11.2 Å². The van der Waals surface area contributed by atoms with E-state index in [9.17, 15) is 10.1 Å². The van der Waals surface area contributed by atoms with Gasteiger partial charge in [0.25, 0.3) is 0 Å². The Morgan fingerprint density at radius 1 is 1.29 bits per heavy atom. The number of hydrogen-bond donors (Lipinski definition) is 1. The Labute approximate surface area is 136 Å². The van der Waals surface area contributed by atoms with Crippen LogP contribution in [0.2, 0.25) is 5.02 Å². The number of anilines is 1. The predicted molar refractivity (Wildman–Crippen MR) is 87.0 cm³/mol. The molecule has 0 saturated carbocycles. The topological polar surface area (TPSA) is 52.9 Å². The lowest BCUT2D eigenvalue weighted by Gasteiger charge is -2.11. The third-order valence-electron chi connectivity index (χ3n) is 2.94. The number of nitrogens with one attached hydrogen (secondary N) is 1. The van der Waals surface area contributed by atoms with Crippen LogP contribution in [0.15, 0.2) is 53.0 Å². The highest BCUT2D eigenvalue weighted by atomic mass is 79.9. The average molecular weight is 364 g/mol. The van der Waals surface area contributed by atoms with E-state index in [1.54, 1.807) is 18.2 Å².